The first-order chi connectivity index (χ1) is 15.2. The van der Waals surface area contributed by atoms with Crippen molar-refractivity contribution in [1.82, 2.24) is 0 Å². The van der Waals surface area contributed by atoms with Gasteiger partial charge >= 0.3 is 14.6 Å². The summed E-state index contributed by atoms with van der Waals surface area (Å²) in [4.78, 5) is 21.0. The quantitative estimate of drug-likeness (QED) is 0.219. The summed E-state index contributed by atoms with van der Waals surface area (Å²) in [5.41, 5.74) is 0. The lowest BCUT2D eigenvalue weighted by Crippen LogP contribution is -2.42. The lowest BCUT2D eigenvalue weighted by molar-refractivity contribution is -0.873. The van der Waals surface area contributed by atoms with E-state index in [1.54, 1.807) is 0 Å². The van der Waals surface area contributed by atoms with Crippen molar-refractivity contribution < 1.29 is 43.3 Å². The molecule has 184 valence electrons. The molecule has 2 aromatic carbocycles. The number of nitrogens with zero attached hydrogens (tertiary/aromatic N) is 1. The fourth-order valence-electron chi connectivity index (χ4n) is 2.86. The van der Waals surface area contributed by atoms with Crippen molar-refractivity contribution in [1.29, 1.82) is 0 Å². The van der Waals surface area contributed by atoms with E-state index >= 15 is 0 Å². The molecule has 0 fully saturated rings. The molecule has 0 saturated carbocycles. The summed E-state index contributed by atoms with van der Waals surface area (Å²) in [6.07, 6.45) is 0.627. The molecule has 0 saturated heterocycles. The maximum absolute atomic E-state index is 11.0. The van der Waals surface area contributed by atoms with Crippen LogP contribution in [0.4, 0.5) is 0 Å². The van der Waals surface area contributed by atoms with Gasteiger partial charge in [0.2, 0.25) is 0 Å². The second-order valence-corrected chi connectivity index (χ2v) is 9.26. The standard InChI is InChI=1S/C23H32NO7P.H2O/c1-24(2,3)18-22(17-23(25)26)31-32(27)29-16-8-7-15-28-19-11-13-21(14-12-19)30-20-9-5-4-6-10-20;/h4-6,9-14,22,27H,7-8,15-18H2,1-3H3;1H2/t22?,32-;/m0./s1. The van der Waals surface area contributed by atoms with Gasteiger partial charge in [0.05, 0.1) is 40.8 Å². The lowest BCUT2D eigenvalue weighted by Gasteiger charge is -2.29. The van der Waals surface area contributed by atoms with Gasteiger partial charge in [-0.2, -0.15) is 0 Å². The second kappa shape index (κ2) is 14.8. The Balaban J connectivity index is 0.00000544. The molecule has 10 heteroatoms. The highest BCUT2D eigenvalue weighted by Gasteiger charge is 2.25. The molecule has 0 aliphatic carbocycles. The Hall–Kier alpha value is -2.26. The van der Waals surface area contributed by atoms with Gasteiger partial charge in [0.1, 0.15) is 29.9 Å². The number of quaternary nitrogens is 1. The summed E-state index contributed by atoms with van der Waals surface area (Å²) >= 11 is 0. The molecule has 2 atom stereocenters. The predicted octanol–water partition coefficient (Wildman–Crippen LogP) is 4.26. The normalized spacial score (nSPS) is 13.0. The minimum atomic E-state index is -2.12. The number of rotatable bonds is 15. The number of carboxylic acid groups (broad SMARTS) is 1. The molecule has 0 aliphatic rings. The molecular formula is C23H34NO8P. The molecular weight excluding hydrogens is 449 g/mol. The Morgan fingerprint density at radius 1 is 0.939 bits per heavy atom. The number of hydrogen-bond acceptors (Lipinski definition) is 7. The molecule has 0 aromatic heterocycles. The van der Waals surface area contributed by atoms with E-state index in [0.717, 1.165) is 23.7 Å². The maximum atomic E-state index is 11.0. The van der Waals surface area contributed by atoms with Gasteiger partial charge in [-0.15, -0.1) is 0 Å². The average Bonchev–Trinajstić information content (AvgIpc) is 2.71. The van der Waals surface area contributed by atoms with Gasteiger partial charge in [0, 0.05) is 0 Å². The van der Waals surface area contributed by atoms with E-state index in [4.69, 9.17) is 23.6 Å². The van der Waals surface area contributed by atoms with Crippen molar-refractivity contribution in [3.05, 3.63) is 54.6 Å². The van der Waals surface area contributed by atoms with Gasteiger partial charge in [-0.05, 0) is 49.2 Å². The number of unbranched alkanes of at least 4 members (excludes halogenated alkanes) is 1. The number of para-hydroxylation sites is 1. The first-order valence-electron chi connectivity index (χ1n) is 10.5. The summed E-state index contributed by atoms with van der Waals surface area (Å²) in [5, 5.41) is 9.02. The minimum Gasteiger partial charge on any atom is -0.870 e. The third-order valence-electron chi connectivity index (χ3n) is 4.20. The second-order valence-electron chi connectivity index (χ2n) is 8.31. The van der Waals surface area contributed by atoms with Gasteiger partial charge in [0.15, 0.2) is 0 Å². The molecule has 9 nitrogen and oxygen atoms in total. The van der Waals surface area contributed by atoms with E-state index in [2.05, 4.69) is 0 Å². The zero-order valence-corrected chi connectivity index (χ0v) is 20.2. The monoisotopic (exact) mass is 483 g/mol. The van der Waals surface area contributed by atoms with Crippen molar-refractivity contribution in [2.75, 3.05) is 40.9 Å². The van der Waals surface area contributed by atoms with Crippen LogP contribution < -0.4 is 9.47 Å². The van der Waals surface area contributed by atoms with Gasteiger partial charge in [-0.1, -0.05) is 18.2 Å². The van der Waals surface area contributed by atoms with E-state index in [9.17, 15) is 9.69 Å². The van der Waals surface area contributed by atoms with Crippen molar-refractivity contribution in [2.24, 2.45) is 0 Å². The topological polar surface area (TPSA) is 124 Å². The van der Waals surface area contributed by atoms with Crippen LogP contribution >= 0.6 is 8.60 Å². The third kappa shape index (κ3) is 13.1. The van der Waals surface area contributed by atoms with Crippen LogP contribution in [0, 0.1) is 0 Å². The number of carboxylic acids is 1. The zero-order valence-electron chi connectivity index (χ0n) is 19.3. The van der Waals surface area contributed by atoms with Crippen molar-refractivity contribution in [3.63, 3.8) is 0 Å². The van der Waals surface area contributed by atoms with Gasteiger partial charge < -0.3 is 38.5 Å². The summed E-state index contributed by atoms with van der Waals surface area (Å²) in [6.45, 7) is 1.27. The molecule has 0 bridgehead atoms. The van der Waals surface area contributed by atoms with Crippen LogP contribution in [0.1, 0.15) is 19.3 Å². The van der Waals surface area contributed by atoms with Crippen LogP contribution in [0.2, 0.25) is 0 Å². The summed E-state index contributed by atoms with van der Waals surface area (Å²) in [7, 11) is 3.68. The number of benzene rings is 2. The number of carbonyl (C=O) groups is 1. The van der Waals surface area contributed by atoms with E-state index in [1.165, 1.54) is 0 Å². The smallest absolute Gasteiger partial charge is 0.330 e. The zero-order chi connectivity index (χ0) is 23.4. The highest BCUT2D eigenvalue weighted by molar-refractivity contribution is 7.40. The van der Waals surface area contributed by atoms with Gasteiger partial charge in [0.25, 0.3) is 0 Å². The number of likely N-dealkylation sites (N-methyl/N-ethyl adjacent to an activating group) is 1. The highest BCUT2D eigenvalue weighted by Crippen LogP contribution is 2.36. The van der Waals surface area contributed by atoms with Crippen LogP contribution in [0.25, 0.3) is 0 Å². The molecule has 0 amide bonds. The maximum Gasteiger partial charge on any atom is 0.330 e. The van der Waals surface area contributed by atoms with Crippen molar-refractivity contribution in [2.45, 2.75) is 25.4 Å². The minimum absolute atomic E-state index is 0. The van der Waals surface area contributed by atoms with Crippen LogP contribution in [0.3, 0.4) is 0 Å². The average molecular weight is 483 g/mol. The number of hydrogen-bond donors (Lipinski definition) is 2. The molecule has 0 heterocycles. The molecule has 2 rings (SSSR count). The first kappa shape index (κ1) is 28.8. The van der Waals surface area contributed by atoms with E-state index < -0.39 is 20.7 Å². The van der Waals surface area contributed by atoms with Crippen LogP contribution in [-0.4, -0.2) is 72.9 Å². The molecule has 1 unspecified atom stereocenters. The Labute approximate surface area is 196 Å². The van der Waals surface area contributed by atoms with Gasteiger partial charge in [-0.3, -0.25) is 4.79 Å². The Morgan fingerprint density at radius 3 is 2.12 bits per heavy atom. The SMILES string of the molecule is C[N+](C)(C)CC(CC(=O)O)O[P@@](O)OCCCCOc1ccc(Oc2ccccc2)cc1.[OH-]. The predicted molar refractivity (Wildman–Crippen MR) is 125 cm³/mol. The van der Waals surface area contributed by atoms with Crippen molar-refractivity contribution in [3.8, 4) is 17.2 Å². The summed E-state index contributed by atoms with van der Waals surface area (Å²) in [6, 6.07) is 17.0. The number of aliphatic carboxylic acids is 1. The first-order valence-corrected chi connectivity index (χ1v) is 11.6. The number of ether oxygens (including phenoxy) is 2. The molecule has 0 aliphatic heterocycles. The highest BCUT2D eigenvalue weighted by atomic mass is 31.2. The Morgan fingerprint density at radius 2 is 1.52 bits per heavy atom. The van der Waals surface area contributed by atoms with E-state index in [1.807, 2.05) is 75.7 Å². The lowest BCUT2D eigenvalue weighted by atomic mass is 10.2. The molecule has 0 radical (unpaired) electrons. The third-order valence-corrected chi connectivity index (χ3v) is 5.09. The molecule has 0 spiro atoms. The van der Waals surface area contributed by atoms with E-state index in [-0.39, 0.29) is 11.9 Å². The molecule has 33 heavy (non-hydrogen) atoms. The Kier molecular flexibility index (Phi) is 12.9. The summed E-state index contributed by atoms with van der Waals surface area (Å²) < 4.78 is 22.7. The van der Waals surface area contributed by atoms with E-state index in [0.29, 0.717) is 30.7 Å². The molecule has 2 aromatic rings. The van der Waals surface area contributed by atoms with Crippen LogP contribution in [0.5, 0.6) is 17.2 Å². The van der Waals surface area contributed by atoms with Crippen LogP contribution in [-0.2, 0) is 13.8 Å². The largest absolute Gasteiger partial charge is 0.870 e. The molecule has 3 N–H and O–H groups in total. The fourth-order valence-corrected chi connectivity index (χ4v) is 3.61. The fraction of sp³-hybridized carbons (Fsp3) is 0.435. The Bertz CT molecular complexity index is 798. The van der Waals surface area contributed by atoms with Gasteiger partial charge in [-0.25, -0.2) is 0 Å². The van der Waals surface area contributed by atoms with Crippen LogP contribution in [0.15, 0.2) is 54.6 Å². The summed E-state index contributed by atoms with van der Waals surface area (Å²) in [5.74, 6) is 1.29. The van der Waals surface area contributed by atoms with Crippen molar-refractivity contribution >= 4 is 14.6 Å².